The van der Waals surface area contributed by atoms with Crippen LogP contribution in [0.3, 0.4) is 0 Å². The Kier molecular flexibility index (Phi) is 7.03. The molecule has 1 aromatic carbocycles. The zero-order valence-corrected chi connectivity index (χ0v) is 17.5. The van der Waals surface area contributed by atoms with Gasteiger partial charge in [-0.15, -0.1) is 0 Å². The lowest BCUT2D eigenvalue weighted by atomic mass is 9.83. The zero-order chi connectivity index (χ0) is 25.3. The van der Waals surface area contributed by atoms with Crippen LogP contribution in [0.25, 0.3) is 0 Å². The van der Waals surface area contributed by atoms with E-state index in [4.69, 9.17) is 5.73 Å². The van der Waals surface area contributed by atoms with Crippen LogP contribution < -0.4 is 10.5 Å². The number of aromatic nitrogens is 1. The number of hydrogen-bond donors (Lipinski definition) is 1. The molecule has 0 spiro atoms. The normalized spacial score (nSPS) is 20.6. The lowest BCUT2D eigenvalue weighted by Crippen LogP contribution is -2.48. The second-order valence-corrected chi connectivity index (χ2v) is 7.60. The Labute approximate surface area is 188 Å². The Morgan fingerprint density at radius 3 is 2.62 bits per heavy atom. The van der Waals surface area contributed by atoms with Crippen molar-refractivity contribution in [1.29, 1.82) is 0 Å². The van der Waals surface area contributed by atoms with Crippen molar-refractivity contribution in [2.24, 2.45) is 10.7 Å². The summed E-state index contributed by atoms with van der Waals surface area (Å²) in [6.45, 7) is -3.16. The maximum absolute atomic E-state index is 14.6. The number of pyridine rings is 1. The average molecular weight is 493 g/mol. The van der Waals surface area contributed by atoms with Crippen LogP contribution in [-0.2, 0) is 16.7 Å². The minimum absolute atomic E-state index is 0.0850. The average Bonchev–Trinajstić information content (AvgIpc) is 2.73. The minimum atomic E-state index is -4.91. The van der Waals surface area contributed by atoms with Crippen LogP contribution in [-0.4, -0.2) is 42.4 Å². The molecule has 13 heteroatoms. The van der Waals surface area contributed by atoms with Crippen LogP contribution in [0.5, 0.6) is 5.75 Å². The Morgan fingerprint density at radius 1 is 1.32 bits per heavy atom. The van der Waals surface area contributed by atoms with Gasteiger partial charge in [0.2, 0.25) is 0 Å². The number of rotatable bonds is 7. The lowest BCUT2D eigenvalue weighted by Gasteiger charge is -2.36. The van der Waals surface area contributed by atoms with E-state index in [1.807, 2.05) is 0 Å². The molecule has 0 bridgehead atoms. The second-order valence-electron chi connectivity index (χ2n) is 7.60. The summed E-state index contributed by atoms with van der Waals surface area (Å²) >= 11 is 0. The number of ether oxygens (including phenoxy) is 2. The monoisotopic (exact) mass is 493 g/mol. The largest absolute Gasteiger partial charge is 0.452 e. The van der Waals surface area contributed by atoms with Gasteiger partial charge in [-0.1, -0.05) is 6.07 Å². The highest BCUT2D eigenvalue weighted by atomic mass is 19.4. The molecule has 2 aromatic rings. The Morgan fingerprint density at radius 2 is 2.03 bits per heavy atom. The van der Waals surface area contributed by atoms with E-state index in [1.165, 1.54) is 19.1 Å². The molecule has 1 aromatic heterocycles. The number of benzene rings is 1. The first-order chi connectivity index (χ1) is 15.8. The first-order valence-corrected chi connectivity index (χ1v) is 9.73. The van der Waals surface area contributed by atoms with E-state index in [0.29, 0.717) is 0 Å². The third kappa shape index (κ3) is 5.39. The van der Waals surface area contributed by atoms with Crippen LogP contribution in [0.15, 0.2) is 35.5 Å². The maximum atomic E-state index is 14.6. The molecule has 1 aliphatic heterocycles. The van der Waals surface area contributed by atoms with E-state index in [1.54, 1.807) is 0 Å². The van der Waals surface area contributed by atoms with Crippen molar-refractivity contribution < 1.29 is 45.0 Å². The van der Waals surface area contributed by atoms with Gasteiger partial charge in [-0.2, -0.15) is 22.0 Å². The van der Waals surface area contributed by atoms with Crippen molar-refractivity contribution in [2.45, 2.75) is 44.2 Å². The Balaban J connectivity index is 1.92. The van der Waals surface area contributed by atoms with E-state index < -0.39 is 67.1 Å². The minimum Gasteiger partial charge on any atom is -0.452 e. The fourth-order valence-corrected chi connectivity index (χ4v) is 3.60. The SMILES string of the molecule is Cc1cc(OC(F)F)cnc1C(=O)Cc1ccc(F)c([C@]2(CF)C[C@@H](C(F)(F)F)OC(N)=N2)c1. The summed E-state index contributed by atoms with van der Waals surface area (Å²) in [5, 5.41) is 0. The van der Waals surface area contributed by atoms with Gasteiger partial charge in [0, 0.05) is 18.4 Å². The van der Waals surface area contributed by atoms with Gasteiger partial charge in [-0.3, -0.25) is 4.79 Å². The number of amidine groups is 1. The number of aliphatic imine (C=N–C) groups is 1. The van der Waals surface area contributed by atoms with Crippen molar-refractivity contribution in [2.75, 3.05) is 6.67 Å². The first kappa shape index (κ1) is 25.2. The van der Waals surface area contributed by atoms with E-state index in [2.05, 4.69) is 19.5 Å². The van der Waals surface area contributed by atoms with E-state index in [0.717, 1.165) is 18.3 Å². The smallest absolute Gasteiger partial charge is 0.425 e. The summed E-state index contributed by atoms with van der Waals surface area (Å²) in [5.74, 6) is -1.90. The van der Waals surface area contributed by atoms with Gasteiger partial charge in [-0.25, -0.2) is 18.8 Å². The molecule has 6 nitrogen and oxygen atoms in total. The third-order valence-corrected chi connectivity index (χ3v) is 5.14. The molecule has 0 saturated heterocycles. The van der Waals surface area contributed by atoms with Crippen molar-refractivity contribution >= 4 is 11.8 Å². The number of nitrogens with zero attached hydrogens (tertiary/aromatic N) is 2. The molecule has 0 amide bonds. The number of alkyl halides is 6. The van der Waals surface area contributed by atoms with Crippen molar-refractivity contribution in [3.63, 3.8) is 0 Å². The zero-order valence-electron chi connectivity index (χ0n) is 17.5. The summed E-state index contributed by atoms with van der Waals surface area (Å²) in [5.41, 5.74) is 2.77. The highest BCUT2D eigenvalue weighted by molar-refractivity contribution is 5.97. The van der Waals surface area contributed by atoms with Gasteiger partial charge in [0.1, 0.15) is 29.5 Å². The van der Waals surface area contributed by atoms with Crippen molar-refractivity contribution in [1.82, 2.24) is 4.98 Å². The number of carbonyl (C=O) groups excluding carboxylic acids is 1. The molecule has 184 valence electrons. The summed E-state index contributed by atoms with van der Waals surface area (Å²) in [6.07, 6.45) is -7.94. The molecular weight excluding hydrogens is 475 g/mol. The summed E-state index contributed by atoms with van der Waals surface area (Å²) in [6, 6.07) is 3.33. The van der Waals surface area contributed by atoms with Crippen LogP contribution in [0.4, 0.5) is 30.7 Å². The number of halogens is 7. The fourth-order valence-electron chi connectivity index (χ4n) is 3.60. The molecule has 0 radical (unpaired) electrons. The third-order valence-electron chi connectivity index (χ3n) is 5.14. The van der Waals surface area contributed by atoms with Gasteiger partial charge >= 0.3 is 12.8 Å². The summed E-state index contributed by atoms with van der Waals surface area (Å²) in [7, 11) is 0. The van der Waals surface area contributed by atoms with Gasteiger partial charge < -0.3 is 15.2 Å². The number of Topliss-reactive ketones (excluding diaryl/α,β-unsaturated/α-hetero) is 1. The van der Waals surface area contributed by atoms with Gasteiger partial charge in [0.05, 0.1) is 6.20 Å². The molecule has 0 aliphatic carbocycles. The van der Waals surface area contributed by atoms with Gasteiger partial charge in [0.25, 0.3) is 6.02 Å². The number of carbonyl (C=O) groups is 1. The van der Waals surface area contributed by atoms with E-state index >= 15 is 0 Å². The molecule has 3 rings (SSSR count). The molecule has 0 unspecified atom stereocenters. The topological polar surface area (TPSA) is 86.8 Å². The molecular formula is C21H18F7N3O3. The maximum Gasteiger partial charge on any atom is 0.425 e. The summed E-state index contributed by atoms with van der Waals surface area (Å²) in [4.78, 5) is 20.1. The number of hydrogen-bond acceptors (Lipinski definition) is 6. The van der Waals surface area contributed by atoms with Crippen LogP contribution in [0.1, 0.15) is 33.6 Å². The van der Waals surface area contributed by atoms with Crippen molar-refractivity contribution in [3.05, 3.63) is 58.7 Å². The predicted molar refractivity (Wildman–Crippen MR) is 105 cm³/mol. The predicted octanol–water partition coefficient (Wildman–Crippen LogP) is 4.39. The number of nitrogens with two attached hydrogens (primary N) is 1. The highest BCUT2D eigenvalue weighted by Gasteiger charge is 2.52. The lowest BCUT2D eigenvalue weighted by molar-refractivity contribution is -0.209. The molecule has 2 N–H and O–H groups in total. The molecule has 2 atom stereocenters. The number of aryl methyl sites for hydroxylation is 1. The van der Waals surface area contributed by atoms with Crippen LogP contribution >= 0.6 is 0 Å². The first-order valence-electron chi connectivity index (χ1n) is 9.73. The standard InChI is InChI=1S/C21H18F7N3O3/c1-10-4-12(33-18(24)25)8-30-17(10)15(32)6-11-2-3-14(23)13(5-11)20(9-22)7-16(21(26,27)28)34-19(29)31-20/h2-5,8,16,18H,6-7,9H2,1H3,(H2,29,31)/t16-,20+/m0/s1. The summed E-state index contributed by atoms with van der Waals surface area (Å²) < 4.78 is 102. The van der Waals surface area contributed by atoms with E-state index in [-0.39, 0.29) is 22.6 Å². The Hall–Kier alpha value is -3.38. The van der Waals surface area contributed by atoms with Crippen molar-refractivity contribution in [3.8, 4) is 5.75 Å². The molecule has 1 aliphatic rings. The second kappa shape index (κ2) is 9.47. The van der Waals surface area contributed by atoms with Crippen LogP contribution in [0.2, 0.25) is 0 Å². The van der Waals surface area contributed by atoms with Gasteiger partial charge in [0.15, 0.2) is 11.9 Å². The van der Waals surface area contributed by atoms with Crippen LogP contribution in [0, 0.1) is 12.7 Å². The molecule has 0 fully saturated rings. The highest BCUT2D eigenvalue weighted by Crippen LogP contribution is 2.41. The number of ketones is 1. The molecule has 0 saturated carbocycles. The molecule has 34 heavy (non-hydrogen) atoms. The quantitative estimate of drug-likeness (QED) is 0.457. The fraction of sp³-hybridized carbons (Fsp3) is 0.381. The Bertz CT molecular complexity index is 1110. The van der Waals surface area contributed by atoms with E-state index in [9.17, 15) is 35.5 Å². The van der Waals surface area contributed by atoms with Gasteiger partial charge in [-0.05, 0) is 36.2 Å². The molecule has 2 heterocycles.